The zero-order valence-electron chi connectivity index (χ0n) is 11.8. The normalized spacial score (nSPS) is 26.8. The van der Waals surface area contributed by atoms with Crippen LogP contribution in [0.4, 0.5) is 0 Å². The zero-order chi connectivity index (χ0) is 14.2. The summed E-state index contributed by atoms with van der Waals surface area (Å²) in [6, 6.07) is 6.30. The van der Waals surface area contributed by atoms with E-state index in [0.717, 1.165) is 12.0 Å². The maximum atomic E-state index is 6.25. The number of methoxy groups -OCH3 is 1. The summed E-state index contributed by atoms with van der Waals surface area (Å²) < 4.78 is 5.47. The summed E-state index contributed by atoms with van der Waals surface area (Å²) >= 11 is 12.2. The molecular formula is C15H21Cl2NO. The second kappa shape index (κ2) is 5.61. The van der Waals surface area contributed by atoms with Crippen molar-refractivity contribution in [1.29, 1.82) is 0 Å². The number of hydrogen-bond donors (Lipinski definition) is 1. The van der Waals surface area contributed by atoms with Crippen molar-refractivity contribution in [2.75, 3.05) is 7.11 Å². The van der Waals surface area contributed by atoms with Gasteiger partial charge in [-0.1, -0.05) is 43.1 Å². The smallest absolute Gasteiger partial charge is 0.0652 e. The summed E-state index contributed by atoms with van der Waals surface area (Å²) in [4.78, 5) is 0. The molecule has 1 saturated carbocycles. The van der Waals surface area contributed by atoms with Gasteiger partial charge in [0.15, 0.2) is 0 Å². The first-order valence-electron chi connectivity index (χ1n) is 6.60. The predicted octanol–water partition coefficient (Wildman–Crippen LogP) is 4.46. The number of rotatable bonds is 4. The van der Waals surface area contributed by atoms with E-state index in [0.29, 0.717) is 22.2 Å². The Labute approximate surface area is 125 Å². The van der Waals surface area contributed by atoms with Crippen LogP contribution in [0.25, 0.3) is 0 Å². The lowest BCUT2D eigenvalue weighted by molar-refractivity contribution is -0.0999. The third kappa shape index (κ3) is 2.92. The number of nitrogens with one attached hydrogen (secondary N) is 1. The van der Waals surface area contributed by atoms with E-state index in [1.54, 1.807) is 13.2 Å². The molecule has 2 rings (SSSR count). The number of halogens is 2. The van der Waals surface area contributed by atoms with Crippen molar-refractivity contribution in [3.63, 3.8) is 0 Å². The van der Waals surface area contributed by atoms with Crippen molar-refractivity contribution in [2.24, 2.45) is 5.41 Å². The van der Waals surface area contributed by atoms with Gasteiger partial charge in [-0.2, -0.15) is 0 Å². The lowest BCUT2D eigenvalue weighted by atomic mass is 9.64. The Morgan fingerprint density at radius 2 is 2.05 bits per heavy atom. The molecular weight excluding hydrogens is 281 g/mol. The lowest BCUT2D eigenvalue weighted by Gasteiger charge is -2.52. The molecule has 0 spiro atoms. The van der Waals surface area contributed by atoms with Crippen molar-refractivity contribution in [1.82, 2.24) is 5.32 Å². The van der Waals surface area contributed by atoms with E-state index in [2.05, 4.69) is 26.1 Å². The maximum Gasteiger partial charge on any atom is 0.0652 e. The highest BCUT2D eigenvalue weighted by Crippen LogP contribution is 2.43. The molecule has 0 aliphatic heterocycles. The van der Waals surface area contributed by atoms with Crippen LogP contribution in [0.5, 0.6) is 0 Å². The molecule has 1 N–H and O–H groups in total. The van der Waals surface area contributed by atoms with Gasteiger partial charge in [-0.15, -0.1) is 0 Å². The molecule has 1 aromatic rings. The zero-order valence-corrected chi connectivity index (χ0v) is 13.3. The van der Waals surface area contributed by atoms with Gasteiger partial charge in [0, 0.05) is 34.7 Å². The number of ether oxygens (including phenoxy) is 1. The van der Waals surface area contributed by atoms with Crippen LogP contribution < -0.4 is 5.32 Å². The predicted molar refractivity (Wildman–Crippen MR) is 81.0 cm³/mol. The molecule has 0 aromatic heterocycles. The highest BCUT2D eigenvalue weighted by Gasteiger charge is 2.48. The topological polar surface area (TPSA) is 21.3 Å². The van der Waals surface area contributed by atoms with Crippen LogP contribution in [-0.4, -0.2) is 19.3 Å². The van der Waals surface area contributed by atoms with E-state index in [9.17, 15) is 0 Å². The third-order valence-electron chi connectivity index (χ3n) is 4.34. The van der Waals surface area contributed by atoms with Crippen molar-refractivity contribution in [3.8, 4) is 0 Å². The third-order valence-corrected chi connectivity index (χ3v) is 4.90. The average molecular weight is 302 g/mol. The number of hydrogen-bond acceptors (Lipinski definition) is 2. The Balaban J connectivity index is 2.04. The SMILES string of the molecule is COC1CC(NC(C)c2ccc(Cl)cc2Cl)C1(C)C. The van der Waals surface area contributed by atoms with Crippen LogP contribution in [0.15, 0.2) is 18.2 Å². The van der Waals surface area contributed by atoms with Crippen LogP contribution in [0, 0.1) is 5.41 Å². The second-order valence-electron chi connectivity index (χ2n) is 5.89. The molecule has 19 heavy (non-hydrogen) atoms. The van der Waals surface area contributed by atoms with Gasteiger partial charge in [0.1, 0.15) is 0 Å². The van der Waals surface area contributed by atoms with Crippen molar-refractivity contribution in [2.45, 2.75) is 45.4 Å². The average Bonchev–Trinajstić information content (AvgIpc) is 2.33. The Morgan fingerprint density at radius 3 is 2.58 bits per heavy atom. The molecule has 0 radical (unpaired) electrons. The molecule has 0 heterocycles. The van der Waals surface area contributed by atoms with Crippen LogP contribution >= 0.6 is 23.2 Å². The maximum absolute atomic E-state index is 6.25. The molecule has 0 amide bonds. The van der Waals surface area contributed by atoms with Crippen LogP contribution in [0.1, 0.15) is 38.8 Å². The fraction of sp³-hybridized carbons (Fsp3) is 0.600. The van der Waals surface area contributed by atoms with Gasteiger partial charge < -0.3 is 10.1 Å². The van der Waals surface area contributed by atoms with E-state index < -0.39 is 0 Å². The minimum Gasteiger partial charge on any atom is -0.381 e. The van der Waals surface area contributed by atoms with Crippen molar-refractivity contribution >= 4 is 23.2 Å². The fourth-order valence-electron chi connectivity index (χ4n) is 2.81. The Bertz CT molecular complexity index is 461. The Kier molecular flexibility index (Phi) is 4.46. The van der Waals surface area contributed by atoms with Gasteiger partial charge >= 0.3 is 0 Å². The van der Waals surface area contributed by atoms with Crippen LogP contribution in [0.3, 0.4) is 0 Å². The summed E-state index contributed by atoms with van der Waals surface area (Å²) in [6.45, 7) is 6.60. The second-order valence-corrected chi connectivity index (χ2v) is 6.73. The van der Waals surface area contributed by atoms with Gasteiger partial charge in [-0.05, 0) is 31.0 Å². The molecule has 1 aliphatic rings. The molecule has 1 aliphatic carbocycles. The van der Waals surface area contributed by atoms with Gasteiger partial charge in [-0.3, -0.25) is 0 Å². The molecule has 2 nitrogen and oxygen atoms in total. The summed E-state index contributed by atoms with van der Waals surface area (Å²) in [7, 11) is 1.78. The Morgan fingerprint density at radius 1 is 1.37 bits per heavy atom. The van der Waals surface area contributed by atoms with E-state index in [1.807, 2.05) is 12.1 Å². The number of benzene rings is 1. The van der Waals surface area contributed by atoms with Crippen LogP contribution in [-0.2, 0) is 4.74 Å². The summed E-state index contributed by atoms with van der Waals surface area (Å²) in [5, 5.41) is 5.03. The molecule has 3 unspecified atom stereocenters. The van der Waals surface area contributed by atoms with Gasteiger partial charge in [0.25, 0.3) is 0 Å². The van der Waals surface area contributed by atoms with E-state index in [4.69, 9.17) is 27.9 Å². The molecule has 3 atom stereocenters. The fourth-order valence-corrected chi connectivity index (χ4v) is 3.38. The van der Waals surface area contributed by atoms with Crippen molar-refractivity contribution in [3.05, 3.63) is 33.8 Å². The Hall–Kier alpha value is -0.280. The quantitative estimate of drug-likeness (QED) is 0.886. The van der Waals surface area contributed by atoms with Gasteiger partial charge in [0.2, 0.25) is 0 Å². The highest BCUT2D eigenvalue weighted by molar-refractivity contribution is 6.35. The summed E-state index contributed by atoms with van der Waals surface area (Å²) in [5.41, 5.74) is 1.24. The first kappa shape index (κ1) is 15.1. The standard InChI is InChI=1S/C15H21Cl2NO/c1-9(11-6-5-10(16)7-12(11)17)18-13-8-14(19-4)15(13,2)3/h5-7,9,13-14,18H,8H2,1-4H3. The van der Waals surface area contributed by atoms with E-state index in [-0.39, 0.29) is 11.5 Å². The highest BCUT2D eigenvalue weighted by atomic mass is 35.5. The van der Waals surface area contributed by atoms with E-state index in [1.165, 1.54) is 0 Å². The monoisotopic (exact) mass is 301 g/mol. The molecule has 106 valence electrons. The van der Waals surface area contributed by atoms with Crippen LogP contribution in [0.2, 0.25) is 10.0 Å². The minimum absolute atomic E-state index is 0.155. The molecule has 0 saturated heterocycles. The van der Waals surface area contributed by atoms with Crippen molar-refractivity contribution < 1.29 is 4.74 Å². The first-order valence-corrected chi connectivity index (χ1v) is 7.35. The molecule has 1 fully saturated rings. The first-order chi connectivity index (χ1) is 8.86. The molecule has 1 aromatic carbocycles. The van der Waals surface area contributed by atoms with Gasteiger partial charge in [0.05, 0.1) is 6.10 Å². The molecule has 4 heteroatoms. The largest absolute Gasteiger partial charge is 0.381 e. The lowest BCUT2D eigenvalue weighted by Crippen LogP contribution is -2.60. The summed E-state index contributed by atoms with van der Waals surface area (Å²) in [5.74, 6) is 0. The van der Waals surface area contributed by atoms with E-state index >= 15 is 0 Å². The minimum atomic E-state index is 0.155. The molecule has 0 bridgehead atoms. The van der Waals surface area contributed by atoms with Gasteiger partial charge in [-0.25, -0.2) is 0 Å². The summed E-state index contributed by atoms with van der Waals surface area (Å²) in [6.07, 6.45) is 1.37.